The summed E-state index contributed by atoms with van der Waals surface area (Å²) in [7, 11) is 0. The molecule has 1 nitrogen and oxygen atoms in total. The molecular formula is C8H9NS. The molecule has 1 heterocycles. The highest BCUT2D eigenvalue weighted by atomic mass is 32.2. The zero-order chi connectivity index (χ0) is 7.23. The number of aromatic nitrogens is 1. The van der Waals surface area contributed by atoms with Crippen LogP contribution in [-0.4, -0.2) is 4.98 Å². The highest BCUT2D eigenvalue weighted by molar-refractivity contribution is 8.02. The van der Waals surface area contributed by atoms with Crippen LogP contribution in [-0.2, 0) is 0 Å². The van der Waals surface area contributed by atoms with Crippen molar-refractivity contribution >= 4 is 11.8 Å². The van der Waals surface area contributed by atoms with E-state index < -0.39 is 0 Å². The van der Waals surface area contributed by atoms with E-state index in [-0.39, 0.29) is 0 Å². The summed E-state index contributed by atoms with van der Waals surface area (Å²) < 4.78 is 0. The summed E-state index contributed by atoms with van der Waals surface area (Å²) in [6.45, 7) is 2.00. The first-order chi connectivity index (χ1) is 4.93. The molecule has 0 aliphatic rings. The quantitative estimate of drug-likeness (QED) is 0.603. The van der Waals surface area contributed by atoms with Gasteiger partial charge in [-0.25, -0.2) is 4.98 Å². The van der Waals surface area contributed by atoms with Crippen LogP contribution >= 0.6 is 11.8 Å². The third-order valence-corrected chi connectivity index (χ3v) is 1.85. The van der Waals surface area contributed by atoms with Crippen LogP contribution in [0.3, 0.4) is 0 Å². The molecule has 0 aliphatic carbocycles. The molecule has 1 rings (SSSR count). The molecule has 0 fully saturated rings. The fourth-order valence-corrected chi connectivity index (χ4v) is 1.11. The third kappa shape index (κ3) is 2.23. The van der Waals surface area contributed by atoms with E-state index in [1.807, 2.05) is 36.6 Å². The largest absolute Gasteiger partial charge is 0.250 e. The van der Waals surface area contributed by atoms with Crippen LogP contribution in [0, 0.1) is 0 Å². The summed E-state index contributed by atoms with van der Waals surface area (Å²) in [6.07, 6.45) is 3.80. The van der Waals surface area contributed by atoms with Crippen LogP contribution in [0.1, 0.15) is 6.92 Å². The van der Waals surface area contributed by atoms with Crippen LogP contribution < -0.4 is 0 Å². The van der Waals surface area contributed by atoms with E-state index >= 15 is 0 Å². The van der Waals surface area contributed by atoms with Gasteiger partial charge in [-0.15, -0.1) is 0 Å². The first-order valence-corrected chi connectivity index (χ1v) is 4.00. The first-order valence-electron chi connectivity index (χ1n) is 3.12. The van der Waals surface area contributed by atoms with E-state index in [2.05, 4.69) is 4.98 Å². The van der Waals surface area contributed by atoms with Crippen LogP contribution in [0.2, 0.25) is 0 Å². The zero-order valence-corrected chi connectivity index (χ0v) is 6.64. The predicted molar refractivity (Wildman–Crippen MR) is 44.9 cm³/mol. The van der Waals surface area contributed by atoms with E-state index in [4.69, 9.17) is 0 Å². The molecule has 0 saturated heterocycles. The van der Waals surface area contributed by atoms with Gasteiger partial charge in [0.05, 0.1) is 0 Å². The summed E-state index contributed by atoms with van der Waals surface area (Å²) >= 11 is 1.63. The molecule has 0 N–H and O–H groups in total. The number of allylic oxidation sites excluding steroid dienone is 1. The van der Waals surface area contributed by atoms with Gasteiger partial charge in [0, 0.05) is 6.20 Å². The Morgan fingerprint density at radius 3 is 3.00 bits per heavy atom. The summed E-state index contributed by atoms with van der Waals surface area (Å²) in [5.41, 5.74) is 0. The Hall–Kier alpha value is -0.760. The lowest BCUT2D eigenvalue weighted by Crippen LogP contribution is -1.71. The smallest absolute Gasteiger partial charge is 0.100 e. The van der Waals surface area contributed by atoms with Crippen molar-refractivity contribution in [2.45, 2.75) is 11.9 Å². The maximum atomic E-state index is 4.13. The number of hydrogen-bond donors (Lipinski definition) is 0. The lowest BCUT2D eigenvalue weighted by atomic mass is 10.5. The van der Waals surface area contributed by atoms with Crippen molar-refractivity contribution in [1.82, 2.24) is 4.98 Å². The molecule has 0 aliphatic heterocycles. The molecule has 0 bridgehead atoms. The Morgan fingerprint density at radius 2 is 2.40 bits per heavy atom. The van der Waals surface area contributed by atoms with Crippen molar-refractivity contribution in [2.75, 3.05) is 0 Å². The van der Waals surface area contributed by atoms with Gasteiger partial charge < -0.3 is 0 Å². The zero-order valence-electron chi connectivity index (χ0n) is 5.82. The number of rotatable bonds is 2. The van der Waals surface area contributed by atoms with Crippen LogP contribution in [0.5, 0.6) is 0 Å². The molecule has 0 atom stereocenters. The molecule has 0 amide bonds. The van der Waals surface area contributed by atoms with Gasteiger partial charge in [-0.2, -0.15) is 0 Å². The van der Waals surface area contributed by atoms with Crippen LogP contribution in [0.4, 0.5) is 0 Å². The van der Waals surface area contributed by atoms with Gasteiger partial charge in [0.2, 0.25) is 0 Å². The second-order valence-electron chi connectivity index (χ2n) is 1.76. The average molecular weight is 151 g/mol. The summed E-state index contributed by atoms with van der Waals surface area (Å²) in [6, 6.07) is 5.89. The fraction of sp³-hybridized carbons (Fsp3) is 0.125. The SMILES string of the molecule is CC=CSc1ccccn1. The van der Waals surface area contributed by atoms with Gasteiger partial charge in [-0.1, -0.05) is 23.9 Å². The second kappa shape index (κ2) is 4.12. The van der Waals surface area contributed by atoms with E-state index in [9.17, 15) is 0 Å². The Bertz CT molecular complexity index is 206. The van der Waals surface area contributed by atoms with Gasteiger partial charge in [-0.3, -0.25) is 0 Å². The summed E-state index contributed by atoms with van der Waals surface area (Å²) in [4.78, 5) is 4.13. The maximum Gasteiger partial charge on any atom is 0.100 e. The van der Waals surface area contributed by atoms with Crippen molar-refractivity contribution in [3.8, 4) is 0 Å². The Balaban J connectivity index is 2.59. The maximum absolute atomic E-state index is 4.13. The lowest BCUT2D eigenvalue weighted by molar-refractivity contribution is 1.14. The van der Waals surface area contributed by atoms with Gasteiger partial charge >= 0.3 is 0 Å². The molecule has 0 radical (unpaired) electrons. The van der Waals surface area contributed by atoms with Crippen molar-refractivity contribution in [3.63, 3.8) is 0 Å². The molecule has 0 aromatic carbocycles. The number of nitrogens with zero attached hydrogens (tertiary/aromatic N) is 1. The van der Waals surface area contributed by atoms with E-state index in [0.717, 1.165) is 5.03 Å². The van der Waals surface area contributed by atoms with E-state index in [1.165, 1.54) is 0 Å². The van der Waals surface area contributed by atoms with Crippen LogP contribution in [0.15, 0.2) is 40.9 Å². The van der Waals surface area contributed by atoms with Crippen molar-refractivity contribution in [2.24, 2.45) is 0 Å². The first kappa shape index (κ1) is 7.35. The van der Waals surface area contributed by atoms with Crippen molar-refractivity contribution in [3.05, 3.63) is 35.9 Å². The normalized spacial score (nSPS) is 10.5. The van der Waals surface area contributed by atoms with Gasteiger partial charge in [0.25, 0.3) is 0 Å². The highest BCUT2D eigenvalue weighted by Crippen LogP contribution is 2.14. The van der Waals surface area contributed by atoms with Crippen molar-refractivity contribution in [1.29, 1.82) is 0 Å². The second-order valence-corrected chi connectivity index (χ2v) is 2.68. The Kier molecular flexibility index (Phi) is 3.03. The molecule has 1 aromatic heterocycles. The lowest BCUT2D eigenvalue weighted by Gasteiger charge is -1.90. The van der Waals surface area contributed by atoms with Gasteiger partial charge in [0.1, 0.15) is 5.03 Å². The molecule has 0 spiro atoms. The van der Waals surface area contributed by atoms with E-state index in [0.29, 0.717) is 0 Å². The molecule has 10 heavy (non-hydrogen) atoms. The Labute approximate surface area is 65.2 Å². The minimum atomic E-state index is 1.04. The molecule has 2 heteroatoms. The monoisotopic (exact) mass is 151 g/mol. The van der Waals surface area contributed by atoms with Crippen molar-refractivity contribution < 1.29 is 0 Å². The molecule has 52 valence electrons. The fourth-order valence-electron chi connectivity index (χ4n) is 0.555. The number of thioether (sulfide) groups is 1. The summed E-state index contributed by atoms with van der Waals surface area (Å²) in [5.74, 6) is 0. The summed E-state index contributed by atoms with van der Waals surface area (Å²) in [5, 5.41) is 3.06. The average Bonchev–Trinajstić information content (AvgIpc) is 2.03. The Morgan fingerprint density at radius 1 is 1.50 bits per heavy atom. The topological polar surface area (TPSA) is 12.9 Å². The third-order valence-electron chi connectivity index (χ3n) is 0.963. The van der Waals surface area contributed by atoms with Gasteiger partial charge in [-0.05, 0) is 24.5 Å². The molecule has 1 aromatic rings. The minimum Gasteiger partial charge on any atom is -0.250 e. The van der Waals surface area contributed by atoms with Crippen LogP contribution in [0.25, 0.3) is 0 Å². The molecule has 0 unspecified atom stereocenters. The highest BCUT2D eigenvalue weighted by Gasteiger charge is 1.85. The number of hydrogen-bond acceptors (Lipinski definition) is 2. The van der Waals surface area contributed by atoms with E-state index in [1.54, 1.807) is 18.0 Å². The molecule has 0 saturated carbocycles. The van der Waals surface area contributed by atoms with Gasteiger partial charge in [0.15, 0.2) is 0 Å². The standard InChI is InChI=1S/C8H9NS/c1-2-7-10-8-5-3-4-6-9-8/h2-7H,1H3. The minimum absolute atomic E-state index is 1.04. The molecular weight excluding hydrogens is 142 g/mol. The number of pyridine rings is 1. The predicted octanol–water partition coefficient (Wildman–Crippen LogP) is 2.71.